The van der Waals surface area contributed by atoms with Gasteiger partial charge in [-0.3, -0.25) is 9.05 Å². The summed E-state index contributed by atoms with van der Waals surface area (Å²) in [6.45, 7) is 6.23. The quantitative estimate of drug-likeness (QED) is 0.326. The highest BCUT2D eigenvalue weighted by Crippen LogP contribution is 2.44. The van der Waals surface area contributed by atoms with Crippen LogP contribution in [0.25, 0.3) is 0 Å². The predicted molar refractivity (Wildman–Crippen MR) is 62.2 cm³/mol. The minimum Gasteiger partial charge on any atom is -0.358 e. The van der Waals surface area contributed by atoms with E-state index in [0.29, 0.717) is 0 Å². The summed E-state index contributed by atoms with van der Waals surface area (Å²) in [5.74, 6) is 0. The molecule has 0 spiro atoms. The van der Waals surface area contributed by atoms with E-state index >= 15 is 0 Å². The fourth-order valence-electron chi connectivity index (χ4n) is 0.588. The van der Waals surface area contributed by atoms with E-state index in [1.165, 1.54) is 7.11 Å². The van der Waals surface area contributed by atoms with Crippen molar-refractivity contribution in [2.24, 2.45) is 0 Å². The predicted octanol–water partition coefficient (Wildman–Crippen LogP) is 1.74. The fourth-order valence-corrected chi connectivity index (χ4v) is 1.42. The first-order valence-corrected chi connectivity index (χ1v) is 6.56. The van der Waals surface area contributed by atoms with Crippen LogP contribution in [0.2, 0.25) is 0 Å². The molecule has 0 aliphatic rings. The standard InChI is InChI=1S/C5H13O5P.C3H7NO3/c1-5(2)10-11(6,7)9-4-8-3;1-3(2)7-4(5)6/h5H,4H2,1-3H3,(H,6,7);3H,1-2H3. The largest absolute Gasteiger partial charge is 0.474 e. The van der Waals surface area contributed by atoms with Gasteiger partial charge in [-0.15, -0.1) is 10.1 Å². The number of phosphoric ester groups is 1. The van der Waals surface area contributed by atoms with Crippen LogP contribution in [0.5, 0.6) is 0 Å². The molecule has 0 aromatic rings. The van der Waals surface area contributed by atoms with E-state index in [2.05, 4.69) is 18.6 Å². The lowest BCUT2D eigenvalue weighted by Gasteiger charge is -2.13. The first kappa shape index (κ1) is 19.6. The average Bonchev–Trinajstić information content (AvgIpc) is 2.11. The van der Waals surface area contributed by atoms with E-state index in [0.717, 1.165) is 0 Å². The number of nitrogens with zero attached hydrogens (tertiary/aromatic N) is 1. The van der Waals surface area contributed by atoms with Gasteiger partial charge in [0.25, 0.3) is 5.09 Å². The fraction of sp³-hybridized carbons (Fsp3) is 1.00. The Labute approximate surface area is 106 Å². The normalized spacial score (nSPS) is 13.8. The van der Waals surface area contributed by atoms with Gasteiger partial charge in [-0.1, -0.05) is 0 Å². The van der Waals surface area contributed by atoms with Crippen LogP contribution in [0.4, 0.5) is 0 Å². The summed E-state index contributed by atoms with van der Waals surface area (Å²) in [5, 5.41) is 8.59. The smallest absolute Gasteiger partial charge is 0.358 e. The van der Waals surface area contributed by atoms with Crippen LogP contribution in [0, 0.1) is 10.1 Å². The van der Waals surface area contributed by atoms with Crippen molar-refractivity contribution in [1.29, 1.82) is 0 Å². The highest BCUT2D eigenvalue weighted by molar-refractivity contribution is 7.47. The van der Waals surface area contributed by atoms with Gasteiger partial charge in [0.15, 0.2) is 6.79 Å². The summed E-state index contributed by atoms with van der Waals surface area (Å²) in [5.41, 5.74) is 0. The molecule has 0 heterocycles. The summed E-state index contributed by atoms with van der Waals surface area (Å²) < 4.78 is 24.1. The van der Waals surface area contributed by atoms with Crippen molar-refractivity contribution in [3.8, 4) is 0 Å². The van der Waals surface area contributed by atoms with Gasteiger partial charge >= 0.3 is 7.82 Å². The summed E-state index contributed by atoms with van der Waals surface area (Å²) in [4.78, 5) is 22.2. The third kappa shape index (κ3) is 17.7. The van der Waals surface area contributed by atoms with Crippen molar-refractivity contribution in [2.45, 2.75) is 39.9 Å². The third-order valence-corrected chi connectivity index (χ3v) is 2.09. The number of ether oxygens (including phenoxy) is 1. The van der Waals surface area contributed by atoms with E-state index in [-0.39, 0.29) is 19.0 Å². The Balaban J connectivity index is 0. The number of rotatable bonds is 7. The molecule has 0 saturated heterocycles. The molecule has 0 aliphatic heterocycles. The van der Waals surface area contributed by atoms with Crippen molar-refractivity contribution in [3.63, 3.8) is 0 Å². The molecule has 9 nitrogen and oxygen atoms in total. The molecule has 0 aromatic carbocycles. The lowest BCUT2D eigenvalue weighted by atomic mass is 10.5. The molecule has 1 N–H and O–H groups in total. The summed E-state index contributed by atoms with van der Waals surface area (Å²) >= 11 is 0. The molecular weight excluding hydrogens is 269 g/mol. The van der Waals surface area contributed by atoms with Crippen molar-refractivity contribution in [2.75, 3.05) is 13.9 Å². The molecule has 1 unspecified atom stereocenters. The maximum atomic E-state index is 10.8. The topological polar surface area (TPSA) is 117 Å². The van der Waals surface area contributed by atoms with Gasteiger partial charge in [-0.05, 0) is 27.7 Å². The molecule has 110 valence electrons. The molecule has 0 radical (unpaired) electrons. The van der Waals surface area contributed by atoms with Gasteiger partial charge in [0.05, 0.1) is 6.10 Å². The number of hydrogen-bond acceptors (Lipinski definition) is 7. The second kappa shape index (κ2) is 10.2. The Hall–Kier alpha value is -0.730. The zero-order valence-electron chi connectivity index (χ0n) is 11.1. The van der Waals surface area contributed by atoms with E-state index in [9.17, 15) is 14.7 Å². The van der Waals surface area contributed by atoms with Crippen molar-refractivity contribution in [3.05, 3.63) is 10.1 Å². The van der Waals surface area contributed by atoms with Crippen LogP contribution in [0.1, 0.15) is 27.7 Å². The Morgan fingerprint density at radius 2 is 1.78 bits per heavy atom. The van der Waals surface area contributed by atoms with Gasteiger partial charge in [0, 0.05) is 7.11 Å². The SMILES string of the molecule is CC(C)O[N+](=O)[O-].COCOP(=O)(O)OC(C)C. The Morgan fingerprint density at radius 1 is 1.28 bits per heavy atom. The van der Waals surface area contributed by atoms with Crippen molar-refractivity contribution >= 4 is 7.82 Å². The third-order valence-electron chi connectivity index (χ3n) is 0.975. The van der Waals surface area contributed by atoms with E-state index < -0.39 is 12.9 Å². The van der Waals surface area contributed by atoms with Gasteiger partial charge in [0.1, 0.15) is 6.10 Å². The summed E-state index contributed by atoms with van der Waals surface area (Å²) in [6, 6.07) is 0. The summed E-state index contributed by atoms with van der Waals surface area (Å²) in [7, 11) is -2.53. The van der Waals surface area contributed by atoms with Crippen LogP contribution < -0.4 is 0 Å². The first-order chi connectivity index (χ1) is 8.10. The van der Waals surface area contributed by atoms with Crippen molar-refractivity contribution < 1.29 is 33.2 Å². The highest BCUT2D eigenvalue weighted by Gasteiger charge is 2.22. The number of phosphoric acid groups is 1. The second-order valence-electron chi connectivity index (χ2n) is 3.54. The maximum absolute atomic E-state index is 10.8. The molecule has 0 saturated carbocycles. The zero-order chi connectivity index (χ0) is 14.8. The maximum Gasteiger partial charge on any atom is 0.474 e. The van der Waals surface area contributed by atoms with E-state index in [1.807, 2.05) is 0 Å². The molecular formula is C8H20NO8P. The Bertz CT molecular complexity index is 270. The van der Waals surface area contributed by atoms with Gasteiger partial charge in [0.2, 0.25) is 0 Å². The van der Waals surface area contributed by atoms with Gasteiger partial charge in [-0.25, -0.2) is 4.57 Å². The molecule has 1 atom stereocenters. The second-order valence-corrected chi connectivity index (χ2v) is 4.94. The molecule has 0 bridgehead atoms. The summed E-state index contributed by atoms with van der Waals surface area (Å²) in [6.07, 6.45) is -0.669. The lowest BCUT2D eigenvalue weighted by Crippen LogP contribution is -2.07. The van der Waals surface area contributed by atoms with Crippen LogP contribution in [-0.4, -0.2) is 36.1 Å². The molecule has 0 aliphatic carbocycles. The van der Waals surface area contributed by atoms with Crippen LogP contribution in [0.3, 0.4) is 0 Å². The average molecular weight is 289 g/mol. The number of methoxy groups -OCH3 is 1. The molecule has 0 aromatic heterocycles. The highest BCUT2D eigenvalue weighted by atomic mass is 31.2. The minimum absolute atomic E-state index is 0.250. The molecule has 0 rings (SSSR count). The Morgan fingerprint density at radius 3 is 2.00 bits per heavy atom. The first-order valence-electron chi connectivity index (χ1n) is 5.06. The van der Waals surface area contributed by atoms with Crippen LogP contribution >= 0.6 is 7.82 Å². The van der Waals surface area contributed by atoms with E-state index in [1.54, 1.807) is 27.7 Å². The van der Waals surface area contributed by atoms with Gasteiger partial charge < -0.3 is 14.5 Å². The zero-order valence-corrected chi connectivity index (χ0v) is 12.0. The van der Waals surface area contributed by atoms with Crippen LogP contribution in [0.15, 0.2) is 0 Å². The molecule has 0 amide bonds. The van der Waals surface area contributed by atoms with Crippen molar-refractivity contribution in [1.82, 2.24) is 0 Å². The Kier molecular flexibility index (Phi) is 11.1. The molecule has 10 heteroatoms. The minimum atomic E-state index is -3.89. The van der Waals surface area contributed by atoms with E-state index in [4.69, 9.17) is 4.89 Å². The monoisotopic (exact) mass is 289 g/mol. The van der Waals surface area contributed by atoms with Crippen LogP contribution in [-0.2, 0) is 23.2 Å². The molecule has 0 fully saturated rings. The number of hydrogen-bond donors (Lipinski definition) is 1. The van der Waals surface area contributed by atoms with Gasteiger partial charge in [-0.2, -0.15) is 0 Å². The lowest BCUT2D eigenvalue weighted by molar-refractivity contribution is -0.766. The molecule has 18 heavy (non-hydrogen) atoms.